The second kappa shape index (κ2) is 15.0. The number of nitrogens with zero attached hydrogens (tertiary/aromatic N) is 6. The van der Waals surface area contributed by atoms with Gasteiger partial charge in [-0.3, -0.25) is 19.4 Å². The van der Waals surface area contributed by atoms with Gasteiger partial charge in [-0.25, -0.2) is 27.2 Å². The number of thiol groups is 1. The number of likely N-dealkylation sites (tertiary alicyclic amines) is 1. The Morgan fingerprint density at radius 1 is 0.922 bits per heavy atom. The van der Waals surface area contributed by atoms with Gasteiger partial charge in [0.05, 0.1) is 18.7 Å². The molecule has 2 N–H and O–H groups in total. The van der Waals surface area contributed by atoms with Crippen LogP contribution in [0, 0.1) is 11.7 Å². The molecule has 7 rings (SSSR count). The Morgan fingerprint density at radius 2 is 1.67 bits per heavy atom. The highest BCUT2D eigenvalue weighted by Gasteiger charge is 2.32. The zero-order chi connectivity index (χ0) is 35.6. The minimum atomic E-state index is -3.33. The number of H-pyrrole nitrogens is 1. The molecule has 0 spiro atoms. The molecule has 51 heavy (non-hydrogen) atoms. The summed E-state index contributed by atoms with van der Waals surface area (Å²) >= 11 is 0. The number of carboxylic acid groups (broad SMARTS) is 1. The number of hydrogen-bond acceptors (Lipinski definition) is 9. The SMILES string of the molecule is O=C(O)CN1CCC(CN2CCN(c3ccc(-c4cnc5[nH]cc(C(=O)c6cccc(N(N7CC[C@@H](F)C7)[SH](=O)=O)c6F)c5c4)cc3)CC2)CC1. The van der Waals surface area contributed by atoms with Crippen LogP contribution in [0.5, 0.6) is 0 Å². The fourth-order valence-electron chi connectivity index (χ4n) is 7.50. The molecule has 1 atom stereocenters. The van der Waals surface area contributed by atoms with Crippen LogP contribution in [0.15, 0.2) is 60.9 Å². The van der Waals surface area contributed by atoms with E-state index in [1.54, 1.807) is 6.20 Å². The molecule has 3 fully saturated rings. The summed E-state index contributed by atoms with van der Waals surface area (Å²) in [6.07, 6.45) is 4.15. The molecule has 5 heterocycles. The Morgan fingerprint density at radius 3 is 2.33 bits per heavy atom. The van der Waals surface area contributed by atoms with Crippen LogP contribution in [0.3, 0.4) is 0 Å². The number of halogens is 2. The number of nitrogens with one attached hydrogen (secondary N) is 1. The topological polar surface area (TPSA) is 133 Å². The number of piperidine rings is 1. The maximum atomic E-state index is 15.9. The average Bonchev–Trinajstić information content (AvgIpc) is 3.75. The summed E-state index contributed by atoms with van der Waals surface area (Å²) in [7, 11) is -3.33. The number of hydrazine groups is 1. The molecule has 0 saturated carbocycles. The number of aromatic nitrogens is 2. The van der Waals surface area contributed by atoms with Crippen molar-refractivity contribution in [2.24, 2.45) is 5.92 Å². The van der Waals surface area contributed by atoms with Gasteiger partial charge in [0.25, 0.3) is 0 Å². The number of hydrogen-bond donors (Lipinski definition) is 3. The Bertz CT molecular complexity index is 1970. The highest BCUT2D eigenvalue weighted by atomic mass is 32.2. The van der Waals surface area contributed by atoms with E-state index in [4.69, 9.17) is 5.11 Å². The number of anilines is 2. The van der Waals surface area contributed by atoms with E-state index in [2.05, 4.69) is 31.9 Å². The standard InChI is InChI=1S/C36H41F2N7O5S/c37-27-10-13-44(22-27)45(51(49)50)32-3-1-2-29(34(32)38)35(48)31-20-40-36-30(31)18-26(19-39-36)25-4-6-28(7-5-25)43-16-14-42(15-17-43)21-24-8-11-41(12-9-24)23-33(46)47/h1-7,18-20,24,27,51H,8-17,21-23H2,(H,39,40)(H,46,47)/t27-/m1/s1. The zero-order valence-corrected chi connectivity index (χ0v) is 29.0. The predicted molar refractivity (Wildman–Crippen MR) is 191 cm³/mol. The summed E-state index contributed by atoms with van der Waals surface area (Å²) < 4.78 is 54.8. The van der Waals surface area contributed by atoms with Crippen molar-refractivity contribution in [3.05, 3.63) is 77.9 Å². The smallest absolute Gasteiger partial charge is 0.317 e. The van der Waals surface area contributed by atoms with Crippen LogP contribution in [-0.2, 0) is 15.7 Å². The van der Waals surface area contributed by atoms with Crippen molar-refractivity contribution in [1.29, 1.82) is 0 Å². The summed E-state index contributed by atoms with van der Waals surface area (Å²) in [5.41, 5.74) is 2.81. The number of ketones is 1. The number of piperazine rings is 1. The van der Waals surface area contributed by atoms with E-state index >= 15 is 4.39 Å². The van der Waals surface area contributed by atoms with E-state index in [1.807, 2.05) is 23.1 Å². The lowest BCUT2D eigenvalue weighted by Crippen LogP contribution is -2.49. The van der Waals surface area contributed by atoms with Crippen molar-refractivity contribution in [2.45, 2.75) is 25.4 Å². The van der Waals surface area contributed by atoms with Gasteiger partial charge in [-0.15, -0.1) is 0 Å². The monoisotopic (exact) mass is 721 g/mol. The molecule has 0 amide bonds. The number of aromatic amines is 1. The quantitative estimate of drug-likeness (QED) is 0.155. The van der Waals surface area contributed by atoms with Gasteiger partial charge in [0.15, 0.2) is 11.6 Å². The number of fused-ring (bicyclic) bond motifs is 1. The van der Waals surface area contributed by atoms with Gasteiger partial charge in [-0.1, -0.05) is 18.2 Å². The van der Waals surface area contributed by atoms with Crippen molar-refractivity contribution < 1.29 is 31.9 Å². The van der Waals surface area contributed by atoms with E-state index in [1.165, 1.54) is 29.4 Å². The Hall–Kier alpha value is -4.44. The zero-order valence-electron chi connectivity index (χ0n) is 28.1. The molecule has 0 radical (unpaired) electrons. The third-order valence-electron chi connectivity index (χ3n) is 10.3. The summed E-state index contributed by atoms with van der Waals surface area (Å²) in [4.78, 5) is 39.1. The van der Waals surface area contributed by atoms with E-state index < -0.39 is 34.6 Å². The number of carbonyl (C=O) groups is 2. The van der Waals surface area contributed by atoms with Crippen molar-refractivity contribution in [3.63, 3.8) is 0 Å². The van der Waals surface area contributed by atoms with Crippen LogP contribution < -0.4 is 9.31 Å². The van der Waals surface area contributed by atoms with Crippen LogP contribution in [0.4, 0.5) is 20.2 Å². The summed E-state index contributed by atoms with van der Waals surface area (Å²) in [5, 5.41) is 10.8. The molecule has 4 aromatic rings. The Labute approximate surface area is 296 Å². The van der Waals surface area contributed by atoms with Gasteiger partial charge in [-0.05, 0) is 74.2 Å². The maximum Gasteiger partial charge on any atom is 0.317 e. The van der Waals surface area contributed by atoms with Crippen molar-refractivity contribution >= 4 is 45.1 Å². The van der Waals surface area contributed by atoms with Crippen molar-refractivity contribution in [2.75, 3.05) is 74.8 Å². The Balaban J connectivity index is 1.02. The highest BCUT2D eigenvalue weighted by Crippen LogP contribution is 2.32. The number of carbonyl (C=O) groups excluding carboxylic acids is 1. The normalized spacial score (nSPS) is 19.7. The summed E-state index contributed by atoms with van der Waals surface area (Å²) in [5.74, 6) is -1.81. The van der Waals surface area contributed by atoms with Gasteiger partial charge >= 0.3 is 5.97 Å². The van der Waals surface area contributed by atoms with Crippen LogP contribution in [0.2, 0.25) is 0 Å². The molecule has 2 aromatic heterocycles. The fraction of sp³-hybridized carbons (Fsp3) is 0.417. The largest absolute Gasteiger partial charge is 0.480 e. The summed E-state index contributed by atoms with van der Waals surface area (Å²) in [6.45, 7) is 6.53. The Kier molecular flexibility index (Phi) is 10.3. The first-order valence-electron chi connectivity index (χ1n) is 17.3. The number of benzene rings is 2. The van der Waals surface area contributed by atoms with Crippen LogP contribution in [0.25, 0.3) is 22.2 Å². The van der Waals surface area contributed by atoms with E-state index in [0.29, 0.717) is 17.0 Å². The maximum absolute atomic E-state index is 15.9. The van der Waals surface area contributed by atoms with Gasteiger partial charge in [0.2, 0.25) is 10.9 Å². The first kappa shape index (κ1) is 35.0. The second-order valence-electron chi connectivity index (χ2n) is 13.6. The molecule has 2 aromatic carbocycles. The van der Waals surface area contributed by atoms with E-state index in [9.17, 15) is 22.4 Å². The first-order valence-corrected chi connectivity index (χ1v) is 18.4. The lowest BCUT2D eigenvalue weighted by molar-refractivity contribution is -0.138. The lowest BCUT2D eigenvalue weighted by atomic mass is 9.96. The fourth-order valence-corrected chi connectivity index (χ4v) is 8.20. The van der Waals surface area contributed by atoms with Crippen molar-refractivity contribution in [3.8, 4) is 11.1 Å². The number of rotatable bonds is 11. The third kappa shape index (κ3) is 7.61. The lowest BCUT2D eigenvalue weighted by Gasteiger charge is -2.39. The summed E-state index contributed by atoms with van der Waals surface area (Å²) in [6, 6.07) is 14.0. The molecule has 15 heteroatoms. The van der Waals surface area contributed by atoms with Gasteiger partial charge < -0.3 is 15.0 Å². The molecule has 0 unspecified atom stereocenters. The van der Waals surface area contributed by atoms with Crippen molar-refractivity contribution in [1.82, 2.24) is 24.8 Å². The molecule has 3 saturated heterocycles. The molecular weight excluding hydrogens is 681 g/mol. The molecule has 270 valence electrons. The first-order chi connectivity index (χ1) is 24.6. The second-order valence-corrected chi connectivity index (χ2v) is 14.4. The van der Waals surface area contributed by atoms with Gasteiger partial charge in [0, 0.05) is 73.9 Å². The molecular formula is C36H41F2N7O5S. The minimum Gasteiger partial charge on any atom is -0.480 e. The number of aliphatic carboxylic acids is 1. The molecule has 3 aliphatic rings. The molecule has 0 bridgehead atoms. The number of pyridine rings is 1. The van der Waals surface area contributed by atoms with E-state index in [0.717, 1.165) is 79.9 Å². The average molecular weight is 722 g/mol. The van der Waals surface area contributed by atoms with E-state index in [-0.39, 0.29) is 42.9 Å². The predicted octanol–water partition coefficient (Wildman–Crippen LogP) is 3.81. The molecule has 0 aliphatic carbocycles. The highest BCUT2D eigenvalue weighted by molar-refractivity contribution is 7.73. The number of alkyl halides is 1. The van der Waals surface area contributed by atoms with Crippen LogP contribution in [0.1, 0.15) is 35.2 Å². The minimum absolute atomic E-state index is 0.107. The third-order valence-corrected chi connectivity index (χ3v) is 11.0. The van der Waals surface area contributed by atoms with Gasteiger partial charge in [-0.2, -0.15) is 4.41 Å². The number of carboxylic acids is 1. The van der Waals surface area contributed by atoms with Crippen LogP contribution in [-0.4, -0.2) is 122 Å². The van der Waals surface area contributed by atoms with Crippen LogP contribution >= 0.6 is 0 Å². The molecule has 3 aliphatic heterocycles. The molecule has 12 nitrogen and oxygen atoms in total. The van der Waals surface area contributed by atoms with Gasteiger partial charge in [0.1, 0.15) is 17.5 Å².